The summed E-state index contributed by atoms with van der Waals surface area (Å²) in [5.41, 5.74) is 7.87. The van der Waals surface area contributed by atoms with Crippen LogP contribution in [0.2, 0.25) is 0 Å². The quantitative estimate of drug-likeness (QED) is 0.889. The second kappa shape index (κ2) is 5.48. The molecule has 1 amide bonds. The number of carbonyl (C=O) groups is 1. The number of fused-ring (bicyclic) bond motifs is 1. The Morgan fingerprint density at radius 2 is 2.28 bits per heavy atom. The average molecular weight is 250 g/mol. The van der Waals surface area contributed by atoms with Gasteiger partial charge in [-0.05, 0) is 36.1 Å². The number of nitrogens with two attached hydrogens (primary N) is 1. The molecule has 18 heavy (non-hydrogen) atoms. The molecule has 1 atom stereocenters. The molecule has 1 unspecified atom stereocenters. The summed E-state index contributed by atoms with van der Waals surface area (Å²) in [6, 6.07) is 4.36. The van der Waals surface area contributed by atoms with Crippen molar-refractivity contribution >= 4 is 5.91 Å². The van der Waals surface area contributed by atoms with Gasteiger partial charge in [-0.2, -0.15) is 0 Å². The fraction of sp³-hybridized carbons (Fsp3) is 0.500. The molecule has 0 aliphatic carbocycles. The van der Waals surface area contributed by atoms with E-state index >= 15 is 0 Å². The summed E-state index contributed by atoms with van der Waals surface area (Å²) in [6.45, 7) is 3.16. The number of hydrogen-bond donors (Lipinski definition) is 1. The second-order valence-corrected chi connectivity index (χ2v) is 4.82. The number of amides is 1. The van der Waals surface area contributed by atoms with Crippen molar-refractivity contribution in [2.24, 2.45) is 5.73 Å². The maximum absolute atomic E-state index is 13.2. The predicted molar refractivity (Wildman–Crippen MR) is 68.4 cm³/mol. The summed E-state index contributed by atoms with van der Waals surface area (Å²) in [4.78, 5) is 13.8. The lowest BCUT2D eigenvalue weighted by Gasteiger charge is -2.30. The first-order chi connectivity index (χ1) is 8.61. The van der Waals surface area contributed by atoms with Crippen molar-refractivity contribution in [1.82, 2.24) is 4.90 Å². The maximum Gasteiger partial charge on any atom is 0.239 e. The molecule has 0 spiro atoms. The van der Waals surface area contributed by atoms with Crippen molar-refractivity contribution in [3.05, 3.63) is 35.1 Å². The number of carbonyl (C=O) groups excluding carboxylic acids is 1. The summed E-state index contributed by atoms with van der Waals surface area (Å²) in [6.07, 6.45) is 2.37. The first-order valence-corrected chi connectivity index (χ1v) is 6.43. The van der Waals surface area contributed by atoms with Crippen molar-refractivity contribution in [2.75, 3.05) is 6.54 Å². The minimum absolute atomic E-state index is 0.0215. The van der Waals surface area contributed by atoms with Gasteiger partial charge in [0.05, 0.1) is 6.04 Å². The van der Waals surface area contributed by atoms with Gasteiger partial charge < -0.3 is 10.6 Å². The largest absolute Gasteiger partial charge is 0.337 e. The second-order valence-electron chi connectivity index (χ2n) is 4.82. The van der Waals surface area contributed by atoms with Crippen LogP contribution in [0.25, 0.3) is 0 Å². The Kier molecular flexibility index (Phi) is 3.97. The van der Waals surface area contributed by atoms with Crippen LogP contribution in [0.3, 0.4) is 0 Å². The molecule has 2 rings (SSSR count). The Morgan fingerprint density at radius 3 is 3.00 bits per heavy atom. The normalized spacial score (nSPS) is 16.3. The number of rotatable bonds is 3. The molecule has 1 aliphatic heterocycles. The third-order valence-electron chi connectivity index (χ3n) is 3.41. The third-order valence-corrected chi connectivity index (χ3v) is 3.41. The summed E-state index contributed by atoms with van der Waals surface area (Å²) in [5, 5.41) is 0. The van der Waals surface area contributed by atoms with Crippen molar-refractivity contribution in [2.45, 2.75) is 38.8 Å². The zero-order valence-electron chi connectivity index (χ0n) is 10.7. The molecule has 3 nitrogen and oxygen atoms in total. The first kappa shape index (κ1) is 13.0. The van der Waals surface area contributed by atoms with E-state index < -0.39 is 6.04 Å². The highest BCUT2D eigenvalue weighted by atomic mass is 19.1. The van der Waals surface area contributed by atoms with E-state index in [0.29, 0.717) is 19.5 Å². The lowest BCUT2D eigenvalue weighted by molar-refractivity contribution is -0.133. The molecule has 0 aromatic heterocycles. The molecule has 4 heteroatoms. The predicted octanol–water partition coefficient (Wildman–Crippen LogP) is 1.84. The number of hydrogen-bond acceptors (Lipinski definition) is 2. The molecule has 1 aromatic carbocycles. The standard InChI is InChI=1S/C14H19FN2O/c1-2-3-13(16)14(18)17-7-6-10-4-5-12(15)8-11(10)9-17/h4-5,8,13H,2-3,6-7,9,16H2,1H3. The Bertz CT molecular complexity index is 447. The van der Waals surface area contributed by atoms with Gasteiger partial charge in [0.1, 0.15) is 5.82 Å². The van der Waals surface area contributed by atoms with Gasteiger partial charge in [0, 0.05) is 13.1 Å². The highest BCUT2D eigenvalue weighted by Gasteiger charge is 2.24. The molecule has 98 valence electrons. The van der Waals surface area contributed by atoms with Gasteiger partial charge in [-0.25, -0.2) is 4.39 Å². The van der Waals surface area contributed by atoms with Crippen molar-refractivity contribution < 1.29 is 9.18 Å². The first-order valence-electron chi connectivity index (χ1n) is 6.43. The van der Waals surface area contributed by atoms with E-state index in [0.717, 1.165) is 24.0 Å². The van der Waals surface area contributed by atoms with E-state index in [4.69, 9.17) is 5.73 Å². The van der Waals surface area contributed by atoms with Crippen molar-refractivity contribution in [3.63, 3.8) is 0 Å². The monoisotopic (exact) mass is 250 g/mol. The van der Waals surface area contributed by atoms with E-state index in [1.54, 1.807) is 11.0 Å². The van der Waals surface area contributed by atoms with E-state index in [9.17, 15) is 9.18 Å². The minimum Gasteiger partial charge on any atom is -0.337 e. The van der Waals surface area contributed by atoms with Crippen LogP contribution in [0, 0.1) is 5.82 Å². The molecule has 1 aromatic rings. The topological polar surface area (TPSA) is 46.3 Å². The molecule has 0 saturated heterocycles. The van der Waals surface area contributed by atoms with Crippen LogP contribution in [0.15, 0.2) is 18.2 Å². The molecule has 0 saturated carbocycles. The van der Waals surface area contributed by atoms with Crippen molar-refractivity contribution in [3.8, 4) is 0 Å². The van der Waals surface area contributed by atoms with Crippen LogP contribution in [0.5, 0.6) is 0 Å². The van der Waals surface area contributed by atoms with Crippen LogP contribution in [-0.2, 0) is 17.8 Å². The van der Waals surface area contributed by atoms with Gasteiger partial charge in [-0.3, -0.25) is 4.79 Å². The fourth-order valence-corrected chi connectivity index (χ4v) is 2.38. The van der Waals surface area contributed by atoms with Gasteiger partial charge in [-0.15, -0.1) is 0 Å². The SMILES string of the molecule is CCCC(N)C(=O)N1CCc2ccc(F)cc2C1. The fourth-order valence-electron chi connectivity index (χ4n) is 2.38. The average Bonchev–Trinajstić information content (AvgIpc) is 2.37. The lowest BCUT2D eigenvalue weighted by Crippen LogP contribution is -2.45. The zero-order chi connectivity index (χ0) is 13.1. The molecular formula is C14H19FN2O. The van der Waals surface area contributed by atoms with Gasteiger partial charge in [0.2, 0.25) is 5.91 Å². The van der Waals surface area contributed by atoms with Crippen molar-refractivity contribution in [1.29, 1.82) is 0 Å². The van der Waals surface area contributed by atoms with Crippen LogP contribution >= 0.6 is 0 Å². The van der Waals surface area contributed by atoms with Crippen LogP contribution in [0.1, 0.15) is 30.9 Å². The van der Waals surface area contributed by atoms with Crippen LogP contribution in [0.4, 0.5) is 4.39 Å². The Hall–Kier alpha value is -1.42. The van der Waals surface area contributed by atoms with Gasteiger partial charge in [0.15, 0.2) is 0 Å². The molecule has 0 bridgehead atoms. The lowest BCUT2D eigenvalue weighted by atomic mass is 9.99. The van der Waals surface area contributed by atoms with Gasteiger partial charge >= 0.3 is 0 Å². The summed E-state index contributed by atoms with van der Waals surface area (Å²) >= 11 is 0. The number of nitrogens with zero attached hydrogens (tertiary/aromatic N) is 1. The van der Waals surface area contributed by atoms with E-state index in [2.05, 4.69) is 0 Å². The number of benzene rings is 1. The minimum atomic E-state index is -0.426. The highest BCUT2D eigenvalue weighted by Crippen LogP contribution is 2.20. The van der Waals surface area contributed by atoms with Gasteiger partial charge in [-0.1, -0.05) is 19.4 Å². The smallest absolute Gasteiger partial charge is 0.239 e. The molecule has 1 heterocycles. The highest BCUT2D eigenvalue weighted by molar-refractivity contribution is 5.81. The van der Waals surface area contributed by atoms with Gasteiger partial charge in [0.25, 0.3) is 0 Å². The van der Waals surface area contributed by atoms with E-state index in [1.165, 1.54) is 12.1 Å². The van der Waals surface area contributed by atoms with Crippen LogP contribution < -0.4 is 5.73 Å². The molecule has 0 radical (unpaired) electrons. The molecule has 2 N–H and O–H groups in total. The Morgan fingerprint density at radius 1 is 1.50 bits per heavy atom. The zero-order valence-corrected chi connectivity index (χ0v) is 10.7. The summed E-state index contributed by atoms with van der Waals surface area (Å²) in [5.74, 6) is -0.271. The maximum atomic E-state index is 13.2. The van der Waals surface area contributed by atoms with E-state index in [-0.39, 0.29) is 11.7 Å². The number of halogens is 1. The molecule has 0 fully saturated rings. The van der Waals surface area contributed by atoms with Crippen LogP contribution in [-0.4, -0.2) is 23.4 Å². The Labute approximate surface area is 107 Å². The van der Waals surface area contributed by atoms with E-state index in [1.807, 2.05) is 6.92 Å². The molecule has 1 aliphatic rings. The summed E-state index contributed by atoms with van der Waals surface area (Å²) in [7, 11) is 0. The molecular weight excluding hydrogens is 231 g/mol. The summed E-state index contributed by atoms with van der Waals surface area (Å²) < 4.78 is 13.2. The Balaban J connectivity index is 2.09. The third kappa shape index (κ3) is 2.70.